The standard InChI is InChI=1S/C26H25F2N3.ClH/c1-17-18(2)31(15-19-6-5-9-22(28)12-19)25-24(17)13-23(14-27)29-26(25)30-11-10-20-7-3-4-8-21(20)16-30;/h3-9,12-13H,10-11,14-16H2,1-2H3;1H. The first-order valence-corrected chi connectivity index (χ1v) is 10.7. The maximum atomic E-state index is 13.8. The van der Waals surface area contributed by atoms with E-state index in [2.05, 4.69) is 47.6 Å². The Kier molecular flexibility index (Phi) is 6.20. The van der Waals surface area contributed by atoms with Gasteiger partial charge in [0.15, 0.2) is 5.82 Å². The van der Waals surface area contributed by atoms with Gasteiger partial charge >= 0.3 is 0 Å². The van der Waals surface area contributed by atoms with Crippen molar-refractivity contribution in [3.8, 4) is 0 Å². The maximum absolute atomic E-state index is 13.8. The molecule has 0 atom stereocenters. The van der Waals surface area contributed by atoms with Gasteiger partial charge in [-0.2, -0.15) is 0 Å². The van der Waals surface area contributed by atoms with E-state index in [0.717, 1.165) is 53.1 Å². The van der Waals surface area contributed by atoms with Crippen molar-refractivity contribution in [1.29, 1.82) is 0 Å². The zero-order valence-corrected chi connectivity index (χ0v) is 19.1. The van der Waals surface area contributed by atoms with Crippen LogP contribution >= 0.6 is 12.4 Å². The third kappa shape index (κ3) is 3.86. The number of hydrogen-bond acceptors (Lipinski definition) is 2. The molecular weight excluding hydrogens is 428 g/mol. The third-order valence-corrected chi connectivity index (χ3v) is 6.45. The third-order valence-electron chi connectivity index (χ3n) is 6.45. The van der Waals surface area contributed by atoms with Crippen LogP contribution < -0.4 is 4.90 Å². The molecule has 0 aliphatic carbocycles. The number of hydrogen-bond donors (Lipinski definition) is 0. The number of aromatic nitrogens is 2. The van der Waals surface area contributed by atoms with Gasteiger partial charge < -0.3 is 9.47 Å². The van der Waals surface area contributed by atoms with Gasteiger partial charge in [-0.15, -0.1) is 12.4 Å². The molecule has 0 saturated carbocycles. The van der Waals surface area contributed by atoms with E-state index in [1.54, 1.807) is 12.1 Å². The Morgan fingerprint density at radius 1 is 1.00 bits per heavy atom. The van der Waals surface area contributed by atoms with Crippen molar-refractivity contribution >= 4 is 29.1 Å². The monoisotopic (exact) mass is 453 g/mol. The fraction of sp³-hybridized carbons (Fsp3) is 0.269. The molecule has 1 aliphatic rings. The van der Waals surface area contributed by atoms with Crippen molar-refractivity contribution in [3.05, 3.63) is 94.1 Å². The molecule has 5 rings (SSSR count). The second kappa shape index (κ2) is 8.91. The van der Waals surface area contributed by atoms with Crippen LogP contribution in [0.25, 0.3) is 10.9 Å². The second-order valence-corrected chi connectivity index (χ2v) is 8.33. The normalized spacial score (nSPS) is 13.2. The molecule has 0 bridgehead atoms. The molecule has 0 unspecified atom stereocenters. The molecule has 0 fully saturated rings. The molecule has 0 N–H and O–H groups in total. The summed E-state index contributed by atoms with van der Waals surface area (Å²) in [4.78, 5) is 7.00. The van der Waals surface area contributed by atoms with Crippen molar-refractivity contribution < 1.29 is 8.78 Å². The van der Waals surface area contributed by atoms with Gasteiger partial charge in [-0.1, -0.05) is 36.4 Å². The van der Waals surface area contributed by atoms with Gasteiger partial charge in [0.05, 0.1) is 11.2 Å². The molecule has 2 aromatic heterocycles. The van der Waals surface area contributed by atoms with Crippen LogP contribution in [0.5, 0.6) is 0 Å². The molecule has 0 radical (unpaired) electrons. The topological polar surface area (TPSA) is 21.1 Å². The summed E-state index contributed by atoms with van der Waals surface area (Å²) in [7, 11) is 0. The van der Waals surface area contributed by atoms with Crippen LogP contribution in [0.2, 0.25) is 0 Å². The Labute approximate surface area is 193 Å². The lowest BCUT2D eigenvalue weighted by Gasteiger charge is -2.31. The number of fused-ring (bicyclic) bond motifs is 2. The molecule has 166 valence electrons. The fourth-order valence-corrected chi connectivity index (χ4v) is 4.67. The second-order valence-electron chi connectivity index (χ2n) is 8.33. The van der Waals surface area contributed by atoms with E-state index < -0.39 is 6.67 Å². The number of pyridine rings is 1. The Balaban J connectivity index is 0.00000245. The maximum Gasteiger partial charge on any atom is 0.153 e. The molecule has 6 heteroatoms. The average molecular weight is 454 g/mol. The predicted molar refractivity (Wildman–Crippen MR) is 128 cm³/mol. The largest absolute Gasteiger partial charge is 0.350 e. The zero-order valence-electron chi connectivity index (χ0n) is 18.2. The molecule has 4 aromatic rings. The Bertz CT molecular complexity index is 1280. The predicted octanol–water partition coefficient (Wildman–Crippen LogP) is 6.29. The van der Waals surface area contributed by atoms with Crippen molar-refractivity contribution in [2.24, 2.45) is 0 Å². The first kappa shape index (κ1) is 22.3. The molecule has 2 aromatic carbocycles. The molecule has 0 saturated heterocycles. The molecule has 1 aliphatic heterocycles. The average Bonchev–Trinajstić information content (AvgIpc) is 3.03. The van der Waals surface area contributed by atoms with E-state index in [1.165, 1.54) is 17.2 Å². The van der Waals surface area contributed by atoms with E-state index >= 15 is 0 Å². The van der Waals surface area contributed by atoms with E-state index in [-0.39, 0.29) is 18.2 Å². The minimum Gasteiger partial charge on any atom is -0.350 e. The molecule has 3 heterocycles. The summed E-state index contributed by atoms with van der Waals surface area (Å²) >= 11 is 0. The smallest absolute Gasteiger partial charge is 0.153 e. The molecular formula is C26H26ClF2N3. The summed E-state index contributed by atoms with van der Waals surface area (Å²) in [5.74, 6) is 0.571. The van der Waals surface area contributed by atoms with E-state index in [4.69, 9.17) is 4.98 Å². The molecule has 0 amide bonds. The summed E-state index contributed by atoms with van der Waals surface area (Å²) in [5.41, 5.74) is 7.19. The zero-order chi connectivity index (χ0) is 21.5. The molecule has 3 nitrogen and oxygen atoms in total. The molecule has 0 spiro atoms. The van der Waals surface area contributed by atoms with Crippen LogP contribution in [0.1, 0.15) is 33.6 Å². The lowest BCUT2D eigenvalue weighted by atomic mass is 10.00. The number of aryl methyl sites for hydroxylation is 1. The molecule has 32 heavy (non-hydrogen) atoms. The van der Waals surface area contributed by atoms with Gasteiger partial charge in [0.1, 0.15) is 12.5 Å². The van der Waals surface area contributed by atoms with Gasteiger partial charge in [-0.25, -0.2) is 13.8 Å². The van der Waals surface area contributed by atoms with Crippen molar-refractivity contribution in [2.45, 2.75) is 40.0 Å². The number of alkyl halides is 1. The number of rotatable bonds is 4. The van der Waals surface area contributed by atoms with Crippen LogP contribution in [0, 0.1) is 19.7 Å². The highest BCUT2D eigenvalue weighted by molar-refractivity contribution is 5.94. The summed E-state index contributed by atoms with van der Waals surface area (Å²) in [6, 6.07) is 17.0. The summed E-state index contributed by atoms with van der Waals surface area (Å²) in [6.45, 7) is 5.66. The summed E-state index contributed by atoms with van der Waals surface area (Å²) in [6.07, 6.45) is 0.932. The van der Waals surface area contributed by atoms with Gasteiger partial charge in [0.25, 0.3) is 0 Å². The summed E-state index contributed by atoms with van der Waals surface area (Å²) in [5, 5.41) is 1.02. The van der Waals surface area contributed by atoms with Gasteiger partial charge in [0, 0.05) is 30.7 Å². The highest BCUT2D eigenvalue weighted by atomic mass is 35.5. The van der Waals surface area contributed by atoms with E-state index in [1.807, 2.05) is 12.1 Å². The van der Waals surface area contributed by atoms with Crippen molar-refractivity contribution in [2.75, 3.05) is 11.4 Å². The van der Waals surface area contributed by atoms with Gasteiger partial charge in [-0.05, 0) is 60.7 Å². The Morgan fingerprint density at radius 3 is 2.53 bits per heavy atom. The van der Waals surface area contributed by atoms with Crippen LogP contribution in [0.15, 0.2) is 54.6 Å². The highest BCUT2D eigenvalue weighted by Crippen LogP contribution is 2.35. The van der Waals surface area contributed by atoms with Crippen LogP contribution in [-0.4, -0.2) is 16.1 Å². The van der Waals surface area contributed by atoms with Gasteiger partial charge in [-0.3, -0.25) is 0 Å². The number of benzene rings is 2. The minimum absolute atomic E-state index is 0. The first-order chi connectivity index (χ1) is 15.0. The Morgan fingerprint density at radius 2 is 1.78 bits per heavy atom. The van der Waals surface area contributed by atoms with Crippen LogP contribution in [0.4, 0.5) is 14.6 Å². The van der Waals surface area contributed by atoms with Crippen LogP contribution in [0.3, 0.4) is 0 Å². The van der Waals surface area contributed by atoms with Crippen molar-refractivity contribution in [3.63, 3.8) is 0 Å². The van der Waals surface area contributed by atoms with Crippen LogP contribution in [-0.2, 0) is 26.2 Å². The quantitative estimate of drug-likeness (QED) is 0.362. The lowest BCUT2D eigenvalue weighted by molar-refractivity contribution is 0.476. The SMILES string of the molecule is Cc1c(C)n(Cc2cccc(F)c2)c2c(N3CCc4ccccc4C3)nc(CF)cc12.Cl. The number of halogens is 3. The van der Waals surface area contributed by atoms with Crippen molar-refractivity contribution in [1.82, 2.24) is 9.55 Å². The summed E-state index contributed by atoms with van der Waals surface area (Å²) < 4.78 is 29.8. The number of nitrogens with zero attached hydrogens (tertiary/aromatic N) is 3. The van der Waals surface area contributed by atoms with E-state index in [9.17, 15) is 8.78 Å². The Hall–Kier alpha value is -2.92. The highest BCUT2D eigenvalue weighted by Gasteiger charge is 2.24. The first-order valence-electron chi connectivity index (χ1n) is 10.7. The van der Waals surface area contributed by atoms with Gasteiger partial charge in [0.2, 0.25) is 0 Å². The lowest BCUT2D eigenvalue weighted by Crippen LogP contribution is -2.31. The fourth-order valence-electron chi connectivity index (χ4n) is 4.67. The minimum atomic E-state index is -0.596. The van der Waals surface area contributed by atoms with E-state index in [0.29, 0.717) is 12.2 Å². The number of anilines is 1.